The topological polar surface area (TPSA) is 51.0 Å². The molecule has 0 fully saturated rings. The van der Waals surface area contributed by atoms with E-state index in [2.05, 4.69) is 79.7 Å². The molecule has 1 aliphatic carbocycles. The molecule has 0 atom stereocenters. The number of hydrogen-bond acceptors (Lipinski definition) is 5. The van der Waals surface area contributed by atoms with Crippen LogP contribution in [0.3, 0.4) is 0 Å². The Labute approximate surface area is 237 Å². The average molecular weight is 537 g/mol. The van der Waals surface area contributed by atoms with Crippen LogP contribution in [-0.2, 0) is 6.42 Å². The molecule has 0 spiro atoms. The fraction of sp³-hybridized carbons (Fsp3) is 0.200. The molecule has 0 N–H and O–H groups in total. The first-order valence-corrected chi connectivity index (χ1v) is 15.0. The number of aryl methyl sites for hydroxylation is 2. The van der Waals surface area contributed by atoms with Crippen molar-refractivity contribution in [2.24, 2.45) is 4.99 Å². The molecule has 6 aromatic rings. The molecular formula is C35H28N4S. The minimum absolute atomic E-state index is 0.795. The summed E-state index contributed by atoms with van der Waals surface area (Å²) in [5.74, 6) is 0.795. The summed E-state index contributed by atoms with van der Waals surface area (Å²) in [6.45, 7) is 2.07. The van der Waals surface area contributed by atoms with Crippen LogP contribution in [0.5, 0.6) is 0 Å². The van der Waals surface area contributed by atoms with Gasteiger partial charge >= 0.3 is 0 Å². The van der Waals surface area contributed by atoms with Crippen LogP contribution in [0.2, 0.25) is 0 Å². The van der Waals surface area contributed by atoms with Crippen LogP contribution in [0.1, 0.15) is 49.1 Å². The van der Waals surface area contributed by atoms with Crippen molar-refractivity contribution < 1.29 is 0 Å². The molecule has 4 nitrogen and oxygen atoms in total. The number of aliphatic imine (C=N–C) groups is 1. The summed E-state index contributed by atoms with van der Waals surface area (Å²) >= 11 is 1.82. The SMILES string of the molecule is Cc1cc(-c2ccc(-c3nc(C4=CCCCC4)c4sc5ccccc5c4n3)cc2)c2ccc3c(c2n1)N=CCC3. The summed E-state index contributed by atoms with van der Waals surface area (Å²) in [4.78, 5) is 20.0. The van der Waals surface area contributed by atoms with E-state index in [4.69, 9.17) is 19.9 Å². The van der Waals surface area contributed by atoms with Crippen LogP contribution in [0.4, 0.5) is 5.69 Å². The molecule has 4 heterocycles. The van der Waals surface area contributed by atoms with Crippen molar-refractivity contribution in [1.29, 1.82) is 0 Å². The highest BCUT2D eigenvalue weighted by Gasteiger charge is 2.19. The van der Waals surface area contributed by atoms with Crippen molar-refractivity contribution in [2.75, 3.05) is 0 Å². The third-order valence-electron chi connectivity index (χ3n) is 8.20. The van der Waals surface area contributed by atoms with Crippen molar-refractivity contribution in [1.82, 2.24) is 15.0 Å². The minimum Gasteiger partial charge on any atom is -0.259 e. The van der Waals surface area contributed by atoms with Crippen LogP contribution < -0.4 is 0 Å². The Balaban J connectivity index is 1.27. The molecule has 0 radical (unpaired) electrons. The fourth-order valence-electron chi connectivity index (χ4n) is 6.20. The zero-order valence-electron chi connectivity index (χ0n) is 22.4. The minimum atomic E-state index is 0.795. The van der Waals surface area contributed by atoms with Crippen LogP contribution in [0.25, 0.3) is 59.3 Å². The highest BCUT2D eigenvalue weighted by molar-refractivity contribution is 7.26. The number of allylic oxidation sites excluding steroid dienone is 2. The van der Waals surface area contributed by atoms with E-state index in [1.165, 1.54) is 44.3 Å². The van der Waals surface area contributed by atoms with E-state index in [0.717, 1.165) is 76.1 Å². The van der Waals surface area contributed by atoms with Gasteiger partial charge in [0.2, 0.25) is 0 Å². The van der Waals surface area contributed by atoms with Crippen molar-refractivity contribution in [2.45, 2.75) is 45.4 Å². The van der Waals surface area contributed by atoms with Crippen molar-refractivity contribution in [3.05, 3.63) is 89.8 Å². The van der Waals surface area contributed by atoms with E-state index in [9.17, 15) is 0 Å². The smallest absolute Gasteiger partial charge is 0.160 e. The Hall–Kier alpha value is -4.22. The Bertz CT molecular complexity index is 2010. The maximum Gasteiger partial charge on any atom is 0.160 e. The summed E-state index contributed by atoms with van der Waals surface area (Å²) in [7, 11) is 0. The second-order valence-electron chi connectivity index (χ2n) is 10.9. The molecule has 40 heavy (non-hydrogen) atoms. The van der Waals surface area contributed by atoms with Gasteiger partial charge in [-0.3, -0.25) is 9.98 Å². The second-order valence-corrected chi connectivity index (χ2v) is 11.9. The Morgan fingerprint density at radius 1 is 0.750 bits per heavy atom. The number of fused-ring (bicyclic) bond motifs is 6. The highest BCUT2D eigenvalue weighted by Crippen LogP contribution is 2.41. The number of aromatic nitrogens is 3. The maximum atomic E-state index is 5.21. The third kappa shape index (κ3) is 3.88. The molecular weight excluding hydrogens is 508 g/mol. The molecule has 5 heteroatoms. The first-order chi connectivity index (χ1) is 19.7. The third-order valence-corrected chi connectivity index (χ3v) is 9.37. The van der Waals surface area contributed by atoms with E-state index in [-0.39, 0.29) is 0 Å². The molecule has 8 rings (SSSR count). The molecule has 0 unspecified atom stereocenters. The van der Waals surface area contributed by atoms with E-state index in [0.29, 0.717) is 0 Å². The molecule has 3 aromatic heterocycles. The lowest BCUT2D eigenvalue weighted by Crippen LogP contribution is -1.99. The number of hydrogen-bond donors (Lipinski definition) is 0. The van der Waals surface area contributed by atoms with Gasteiger partial charge in [0.25, 0.3) is 0 Å². The predicted molar refractivity (Wildman–Crippen MR) is 169 cm³/mol. The Morgan fingerprint density at radius 3 is 2.50 bits per heavy atom. The Morgan fingerprint density at radius 2 is 1.62 bits per heavy atom. The van der Waals surface area contributed by atoms with Gasteiger partial charge in [0, 0.05) is 32.9 Å². The zero-order valence-corrected chi connectivity index (χ0v) is 23.3. The lowest BCUT2D eigenvalue weighted by atomic mass is 9.95. The molecule has 2 aliphatic rings. The molecule has 194 valence electrons. The molecule has 0 saturated carbocycles. The van der Waals surface area contributed by atoms with Crippen LogP contribution in [0.15, 0.2) is 77.8 Å². The summed E-state index contributed by atoms with van der Waals surface area (Å²) in [6, 6.07) is 24.0. The quantitative estimate of drug-likeness (QED) is 0.226. The van der Waals surface area contributed by atoms with Crippen LogP contribution in [0, 0.1) is 6.92 Å². The van der Waals surface area contributed by atoms with Gasteiger partial charge < -0.3 is 0 Å². The van der Waals surface area contributed by atoms with Crippen LogP contribution in [-0.4, -0.2) is 21.2 Å². The summed E-state index contributed by atoms with van der Waals surface area (Å²) in [5.41, 5.74) is 11.3. The van der Waals surface area contributed by atoms with Gasteiger partial charge in [0.05, 0.1) is 27.1 Å². The van der Waals surface area contributed by atoms with Crippen molar-refractivity contribution >= 4 is 60.0 Å². The lowest BCUT2D eigenvalue weighted by molar-refractivity contribution is 0.740. The molecule has 0 amide bonds. The second kappa shape index (κ2) is 9.46. The average Bonchev–Trinajstić information content (AvgIpc) is 3.39. The number of rotatable bonds is 3. The van der Waals surface area contributed by atoms with Gasteiger partial charge in [-0.2, -0.15) is 0 Å². The standard InChI is InChI=1S/C35H28N4S/c1-21-20-28(26-18-17-24-10-7-19-36-30(24)32(26)37-21)22-13-15-25(16-14-22)35-38-31(23-8-3-2-4-9-23)34-33(39-35)27-11-5-6-12-29(27)40-34/h5-6,8,11-20H,2-4,7,9-10H2,1H3. The Kier molecular flexibility index (Phi) is 5.59. The summed E-state index contributed by atoms with van der Waals surface area (Å²) in [5, 5.41) is 2.36. The lowest BCUT2D eigenvalue weighted by Gasteiger charge is -2.15. The number of pyridine rings is 1. The van der Waals surface area contributed by atoms with Gasteiger partial charge in [-0.25, -0.2) is 9.97 Å². The fourth-order valence-corrected chi connectivity index (χ4v) is 7.36. The van der Waals surface area contributed by atoms with E-state index < -0.39 is 0 Å². The van der Waals surface area contributed by atoms with Gasteiger partial charge in [0.1, 0.15) is 0 Å². The molecule has 0 saturated heterocycles. The number of thiophene rings is 1. The normalized spacial score (nSPS) is 15.1. The van der Waals surface area contributed by atoms with Gasteiger partial charge in [-0.05, 0) is 79.8 Å². The largest absolute Gasteiger partial charge is 0.259 e. The van der Waals surface area contributed by atoms with Crippen molar-refractivity contribution in [3.63, 3.8) is 0 Å². The van der Waals surface area contributed by atoms with E-state index in [1.54, 1.807) is 0 Å². The summed E-state index contributed by atoms with van der Waals surface area (Å²) in [6.07, 6.45) is 11.1. The van der Waals surface area contributed by atoms with Gasteiger partial charge in [-0.15, -0.1) is 11.3 Å². The molecule has 3 aromatic carbocycles. The van der Waals surface area contributed by atoms with E-state index >= 15 is 0 Å². The zero-order chi connectivity index (χ0) is 26.6. The van der Waals surface area contributed by atoms with E-state index in [1.807, 2.05) is 17.6 Å². The number of benzene rings is 3. The molecule has 1 aliphatic heterocycles. The van der Waals surface area contributed by atoms with Crippen molar-refractivity contribution in [3.8, 4) is 22.5 Å². The monoisotopic (exact) mass is 536 g/mol. The van der Waals surface area contributed by atoms with Gasteiger partial charge in [-0.1, -0.05) is 60.7 Å². The first-order valence-electron chi connectivity index (χ1n) is 14.2. The first kappa shape index (κ1) is 23.6. The van der Waals surface area contributed by atoms with Crippen LogP contribution >= 0.6 is 11.3 Å². The molecule has 0 bridgehead atoms. The summed E-state index contributed by atoms with van der Waals surface area (Å²) < 4.78 is 2.47. The maximum absolute atomic E-state index is 5.21. The highest BCUT2D eigenvalue weighted by atomic mass is 32.1. The predicted octanol–water partition coefficient (Wildman–Crippen LogP) is 9.64. The number of nitrogens with zero attached hydrogens (tertiary/aromatic N) is 4. The van der Waals surface area contributed by atoms with Gasteiger partial charge in [0.15, 0.2) is 5.82 Å².